The molecule has 1 aromatic carbocycles. The number of hydrogen-bond donors (Lipinski definition) is 2. The molecule has 0 aromatic heterocycles. The molecule has 0 saturated heterocycles. The Morgan fingerprint density at radius 2 is 2.15 bits per heavy atom. The zero-order valence-electron chi connectivity index (χ0n) is 11.8. The molecule has 0 bridgehead atoms. The highest BCUT2D eigenvalue weighted by molar-refractivity contribution is 5.66. The topological polar surface area (TPSA) is 92.5 Å². The Hall–Kier alpha value is -1.95. The summed E-state index contributed by atoms with van der Waals surface area (Å²) in [6, 6.07) is 5.24. The van der Waals surface area contributed by atoms with E-state index in [1.54, 1.807) is 12.1 Å². The molecule has 0 fully saturated rings. The molecule has 1 rings (SSSR count). The van der Waals surface area contributed by atoms with Crippen molar-refractivity contribution in [3.8, 4) is 0 Å². The first kappa shape index (κ1) is 16.1. The highest BCUT2D eigenvalue weighted by Gasteiger charge is 2.16. The summed E-state index contributed by atoms with van der Waals surface area (Å²) in [5.74, 6) is -0.711. The molecule has 0 radical (unpaired) electrons. The lowest BCUT2D eigenvalue weighted by Crippen LogP contribution is -2.16. The van der Waals surface area contributed by atoms with Gasteiger partial charge in [-0.3, -0.25) is 14.9 Å². The summed E-state index contributed by atoms with van der Waals surface area (Å²) in [6.07, 6.45) is 0.668. The number of rotatable bonds is 8. The molecule has 0 amide bonds. The quantitative estimate of drug-likeness (QED) is 0.434. The number of carboxylic acids is 1. The lowest BCUT2D eigenvalue weighted by atomic mass is 9.99. The normalized spacial score (nSPS) is 10.8. The summed E-state index contributed by atoms with van der Waals surface area (Å²) in [5.41, 5.74) is 1.70. The van der Waals surface area contributed by atoms with E-state index in [1.807, 2.05) is 19.9 Å². The van der Waals surface area contributed by atoms with Gasteiger partial charge in [0, 0.05) is 24.6 Å². The summed E-state index contributed by atoms with van der Waals surface area (Å²) in [5, 5.41) is 22.6. The number of nitro groups is 1. The SMILES string of the molecule is CC(C)c1ccc(CNCCCC(=O)O)cc1[N+](=O)[O-]. The highest BCUT2D eigenvalue weighted by atomic mass is 16.6. The summed E-state index contributed by atoms with van der Waals surface area (Å²) >= 11 is 0. The maximum atomic E-state index is 11.0. The molecule has 1 aromatic rings. The van der Waals surface area contributed by atoms with Crippen molar-refractivity contribution in [1.29, 1.82) is 0 Å². The van der Waals surface area contributed by atoms with Crippen molar-refractivity contribution in [2.24, 2.45) is 0 Å². The number of nitrogens with one attached hydrogen (secondary N) is 1. The van der Waals surface area contributed by atoms with Gasteiger partial charge in [-0.2, -0.15) is 0 Å². The highest BCUT2D eigenvalue weighted by Crippen LogP contribution is 2.27. The van der Waals surface area contributed by atoms with Gasteiger partial charge >= 0.3 is 5.97 Å². The van der Waals surface area contributed by atoms with Gasteiger partial charge in [-0.15, -0.1) is 0 Å². The van der Waals surface area contributed by atoms with Gasteiger partial charge < -0.3 is 10.4 Å². The standard InChI is InChI=1S/C14H20N2O4/c1-10(2)12-6-5-11(8-13(12)16(19)20)9-15-7-3-4-14(17)18/h5-6,8,10,15H,3-4,7,9H2,1-2H3,(H,17,18). The molecule has 6 heteroatoms. The molecule has 0 aliphatic heterocycles. The first-order valence-electron chi connectivity index (χ1n) is 6.61. The number of carbonyl (C=O) groups is 1. The van der Waals surface area contributed by atoms with Crippen LogP contribution in [0.25, 0.3) is 0 Å². The van der Waals surface area contributed by atoms with Crippen molar-refractivity contribution < 1.29 is 14.8 Å². The number of benzene rings is 1. The predicted molar refractivity (Wildman–Crippen MR) is 75.8 cm³/mol. The Morgan fingerprint density at radius 1 is 1.45 bits per heavy atom. The molecule has 0 heterocycles. The summed E-state index contributed by atoms with van der Waals surface area (Å²) in [6.45, 7) is 4.92. The molecule has 20 heavy (non-hydrogen) atoms. The molecule has 2 N–H and O–H groups in total. The van der Waals surface area contributed by atoms with Crippen LogP contribution in [0.3, 0.4) is 0 Å². The van der Waals surface area contributed by atoms with Gasteiger partial charge in [-0.05, 0) is 24.4 Å². The van der Waals surface area contributed by atoms with E-state index in [1.165, 1.54) is 0 Å². The van der Waals surface area contributed by atoms with Gasteiger partial charge in [-0.1, -0.05) is 26.0 Å². The maximum Gasteiger partial charge on any atom is 0.303 e. The Balaban J connectivity index is 2.61. The largest absolute Gasteiger partial charge is 0.481 e. The molecular formula is C14H20N2O4. The van der Waals surface area contributed by atoms with E-state index in [0.717, 1.165) is 11.1 Å². The smallest absolute Gasteiger partial charge is 0.303 e. The minimum Gasteiger partial charge on any atom is -0.481 e. The zero-order valence-corrected chi connectivity index (χ0v) is 11.8. The van der Waals surface area contributed by atoms with Gasteiger partial charge in [0.1, 0.15) is 0 Å². The lowest BCUT2D eigenvalue weighted by Gasteiger charge is -2.09. The predicted octanol–water partition coefficient (Wildman–Crippen LogP) is 2.67. The summed E-state index contributed by atoms with van der Waals surface area (Å²) in [7, 11) is 0. The van der Waals surface area contributed by atoms with Crippen LogP contribution in [0.4, 0.5) is 5.69 Å². The van der Waals surface area contributed by atoms with Crippen molar-refractivity contribution in [2.75, 3.05) is 6.54 Å². The molecular weight excluding hydrogens is 260 g/mol. The van der Waals surface area contributed by atoms with Crippen LogP contribution in [-0.4, -0.2) is 22.5 Å². The number of nitro benzene ring substituents is 1. The van der Waals surface area contributed by atoms with Gasteiger partial charge in [0.25, 0.3) is 5.69 Å². The monoisotopic (exact) mass is 280 g/mol. The third-order valence-corrected chi connectivity index (χ3v) is 2.99. The molecule has 6 nitrogen and oxygen atoms in total. The molecule has 0 aliphatic rings. The first-order valence-corrected chi connectivity index (χ1v) is 6.61. The zero-order chi connectivity index (χ0) is 15.1. The number of carboxylic acid groups (broad SMARTS) is 1. The van der Waals surface area contributed by atoms with Gasteiger partial charge in [0.05, 0.1) is 4.92 Å². The van der Waals surface area contributed by atoms with E-state index in [-0.39, 0.29) is 22.9 Å². The van der Waals surface area contributed by atoms with Gasteiger partial charge in [0.2, 0.25) is 0 Å². The van der Waals surface area contributed by atoms with Crippen LogP contribution >= 0.6 is 0 Å². The number of nitrogens with zero attached hydrogens (tertiary/aromatic N) is 1. The van der Waals surface area contributed by atoms with Crippen LogP contribution in [0, 0.1) is 10.1 Å². The molecule has 110 valence electrons. The average molecular weight is 280 g/mol. The number of aliphatic carboxylic acids is 1. The Labute approximate surface area is 118 Å². The number of hydrogen-bond acceptors (Lipinski definition) is 4. The molecule has 0 atom stereocenters. The molecule has 0 aliphatic carbocycles. The molecule has 0 spiro atoms. The second-order valence-corrected chi connectivity index (χ2v) is 4.98. The third-order valence-electron chi connectivity index (χ3n) is 2.99. The first-order chi connectivity index (χ1) is 9.41. The van der Waals surface area contributed by atoms with Crippen LogP contribution in [0.15, 0.2) is 18.2 Å². The molecule has 0 unspecified atom stereocenters. The Morgan fingerprint density at radius 3 is 2.70 bits per heavy atom. The second kappa shape index (κ2) is 7.59. The van der Waals surface area contributed by atoms with E-state index >= 15 is 0 Å². The minimum absolute atomic E-state index is 0.105. The van der Waals surface area contributed by atoms with Crippen molar-refractivity contribution in [1.82, 2.24) is 5.32 Å². The fourth-order valence-corrected chi connectivity index (χ4v) is 1.94. The van der Waals surface area contributed by atoms with Crippen LogP contribution in [0.5, 0.6) is 0 Å². The molecule has 0 saturated carbocycles. The van der Waals surface area contributed by atoms with Gasteiger partial charge in [-0.25, -0.2) is 0 Å². The lowest BCUT2D eigenvalue weighted by molar-refractivity contribution is -0.385. The van der Waals surface area contributed by atoms with E-state index in [4.69, 9.17) is 5.11 Å². The van der Waals surface area contributed by atoms with Crippen molar-refractivity contribution >= 4 is 11.7 Å². The summed E-state index contributed by atoms with van der Waals surface area (Å²) < 4.78 is 0. The fraction of sp³-hybridized carbons (Fsp3) is 0.500. The fourth-order valence-electron chi connectivity index (χ4n) is 1.94. The minimum atomic E-state index is -0.816. The average Bonchev–Trinajstić information content (AvgIpc) is 2.37. The van der Waals surface area contributed by atoms with E-state index in [2.05, 4.69) is 5.32 Å². The van der Waals surface area contributed by atoms with Crippen molar-refractivity contribution in [3.05, 3.63) is 39.4 Å². The van der Waals surface area contributed by atoms with Crippen LogP contribution in [0.2, 0.25) is 0 Å². The van der Waals surface area contributed by atoms with Crippen LogP contribution in [-0.2, 0) is 11.3 Å². The van der Waals surface area contributed by atoms with E-state index in [9.17, 15) is 14.9 Å². The third kappa shape index (κ3) is 4.97. The van der Waals surface area contributed by atoms with Gasteiger partial charge in [0.15, 0.2) is 0 Å². The Bertz CT molecular complexity index is 486. The maximum absolute atomic E-state index is 11.0. The van der Waals surface area contributed by atoms with E-state index < -0.39 is 5.97 Å². The van der Waals surface area contributed by atoms with Crippen molar-refractivity contribution in [3.63, 3.8) is 0 Å². The summed E-state index contributed by atoms with van der Waals surface area (Å²) in [4.78, 5) is 21.0. The Kier molecular flexibility index (Phi) is 6.11. The van der Waals surface area contributed by atoms with Crippen molar-refractivity contribution in [2.45, 2.75) is 39.2 Å². The van der Waals surface area contributed by atoms with Crippen LogP contribution < -0.4 is 5.32 Å². The second-order valence-electron chi connectivity index (χ2n) is 4.98. The van der Waals surface area contributed by atoms with Crippen LogP contribution in [0.1, 0.15) is 43.7 Å². The van der Waals surface area contributed by atoms with E-state index in [0.29, 0.717) is 19.5 Å².